The lowest BCUT2D eigenvalue weighted by atomic mass is 10.1. The summed E-state index contributed by atoms with van der Waals surface area (Å²) in [6.45, 7) is 4.11. The molecule has 1 atom stereocenters. The molecule has 0 saturated carbocycles. The first kappa shape index (κ1) is 15.3. The minimum Gasteiger partial charge on any atom is -0.447 e. The molecule has 5 nitrogen and oxygen atoms in total. The number of ether oxygens (including phenoxy) is 2. The number of rotatable bonds is 7. The number of hydrogen-bond acceptors (Lipinski definition) is 4. The Morgan fingerprint density at radius 1 is 1.43 bits per heavy atom. The normalized spacial score (nSPS) is 17.6. The van der Waals surface area contributed by atoms with Crippen LogP contribution in [-0.2, 0) is 20.7 Å². The SMILES string of the molecule is C=CCCOCC(=O)N1C(=O)OC[C@@H]1Cc1ccccc1. The van der Waals surface area contributed by atoms with Crippen molar-refractivity contribution in [3.05, 3.63) is 48.6 Å². The highest BCUT2D eigenvalue weighted by Crippen LogP contribution is 2.17. The molecule has 2 amide bonds. The fourth-order valence-electron chi connectivity index (χ4n) is 2.20. The van der Waals surface area contributed by atoms with Gasteiger partial charge in [-0.1, -0.05) is 36.4 Å². The van der Waals surface area contributed by atoms with Gasteiger partial charge < -0.3 is 9.47 Å². The molecule has 1 aliphatic rings. The first-order valence-electron chi connectivity index (χ1n) is 6.93. The molecular formula is C16H19NO4. The Bertz CT molecular complexity index is 500. The van der Waals surface area contributed by atoms with Gasteiger partial charge >= 0.3 is 6.09 Å². The number of imide groups is 1. The second-order valence-electron chi connectivity index (χ2n) is 4.81. The molecule has 5 heteroatoms. The van der Waals surface area contributed by atoms with Crippen molar-refractivity contribution in [1.29, 1.82) is 0 Å². The number of carbonyl (C=O) groups excluding carboxylic acids is 2. The Balaban J connectivity index is 1.93. The average Bonchev–Trinajstić information content (AvgIpc) is 2.85. The third-order valence-electron chi connectivity index (χ3n) is 3.24. The first-order valence-corrected chi connectivity index (χ1v) is 6.93. The zero-order valence-corrected chi connectivity index (χ0v) is 11.9. The van der Waals surface area contributed by atoms with Crippen LogP contribution in [0.1, 0.15) is 12.0 Å². The van der Waals surface area contributed by atoms with E-state index in [1.165, 1.54) is 4.90 Å². The van der Waals surface area contributed by atoms with Crippen LogP contribution < -0.4 is 0 Å². The first-order chi connectivity index (χ1) is 10.2. The van der Waals surface area contributed by atoms with Crippen LogP contribution in [0, 0.1) is 0 Å². The van der Waals surface area contributed by atoms with E-state index < -0.39 is 6.09 Å². The minimum absolute atomic E-state index is 0.117. The standard InChI is InChI=1S/C16H19NO4/c1-2-3-9-20-12-15(18)17-14(11-21-16(17)19)10-13-7-5-4-6-8-13/h2,4-8,14H,1,3,9-12H2/t14-/m0/s1. The monoisotopic (exact) mass is 289 g/mol. The van der Waals surface area contributed by atoms with Crippen molar-refractivity contribution in [2.45, 2.75) is 18.9 Å². The van der Waals surface area contributed by atoms with Crippen molar-refractivity contribution in [3.63, 3.8) is 0 Å². The topological polar surface area (TPSA) is 55.8 Å². The molecule has 0 aliphatic carbocycles. The van der Waals surface area contributed by atoms with Gasteiger partial charge in [0.25, 0.3) is 5.91 Å². The summed E-state index contributed by atoms with van der Waals surface area (Å²) in [4.78, 5) is 25.0. The molecule has 0 bridgehead atoms. The molecule has 0 spiro atoms. The number of amides is 2. The van der Waals surface area contributed by atoms with Gasteiger partial charge in [-0.25, -0.2) is 9.69 Å². The van der Waals surface area contributed by atoms with Gasteiger partial charge in [-0.2, -0.15) is 0 Å². The Morgan fingerprint density at radius 2 is 2.19 bits per heavy atom. The predicted octanol–water partition coefficient (Wildman–Crippen LogP) is 2.17. The second-order valence-corrected chi connectivity index (χ2v) is 4.81. The van der Waals surface area contributed by atoms with Crippen LogP contribution in [-0.4, -0.2) is 42.8 Å². The Kier molecular flexibility index (Phi) is 5.51. The van der Waals surface area contributed by atoms with Gasteiger partial charge in [0.05, 0.1) is 12.6 Å². The molecule has 0 unspecified atom stereocenters. The number of hydrogen-bond donors (Lipinski definition) is 0. The largest absolute Gasteiger partial charge is 0.447 e. The van der Waals surface area contributed by atoms with E-state index in [4.69, 9.17) is 9.47 Å². The van der Waals surface area contributed by atoms with Crippen LogP contribution >= 0.6 is 0 Å². The van der Waals surface area contributed by atoms with Gasteiger partial charge in [-0.3, -0.25) is 4.79 Å². The molecule has 112 valence electrons. The fraction of sp³-hybridized carbons (Fsp3) is 0.375. The number of carbonyl (C=O) groups is 2. The number of cyclic esters (lactones) is 1. The second kappa shape index (κ2) is 7.59. The van der Waals surface area contributed by atoms with Crippen molar-refractivity contribution < 1.29 is 19.1 Å². The van der Waals surface area contributed by atoms with Gasteiger partial charge in [0.15, 0.2) is 0 Å². The molecule has 1 fully saturated rings. The molecule has 0 radical (unpaired) electrons. The molecule has 1 aromatic carbocycles. The molecule has 1 aromatic rings. The minimum atomic E-state index is -0.590. The van der Waals surface area contributed by atoms with Gasteiger partial charge in [0.1, 0.15) is 13.2 Å². The predicted molar refractivity (Wildman–Crippen MR) is 77.8 cm³/mol. The zero-order chi connectivity index (χ0) is 15.1. The Hall–Kier alpha value is -2.14. The quantitative estimate of drug-likeness (QED) is 0.570. The zero-order valence-electron chi connectivity index (χ0n) is 11.9. The summed E-state index contributed by atoms with van der Waals surface area (Å²) < 4.78 is 10.2. The molecule has 0 N–H and O–H groups in total. The van der Waals surface area contributed by atoms with E-state index in [0.717, 1.165) is 5.56 Å². The number of benzene rings is 1. The van der Waals surface area contributed by atoms with Crippen LogP contribution in [0.5, 0.6) is 0 Å². The summed E-state index contributed by atoms with van der Waals surface area (Å²) in [5.74, 6) is -0.359. The lowest BCUT2D eigenvalue weighted by Gasteiger charge is -2.19. The highest BCUT2D eigenvalue weighted by molar-refractivity contribution is 5.94. The van der Waals surface area contributed by atoms with Crippen molar-refractivity contribution in [1.82, 2.24) is 4.90 Å². The van der Waals surface area contributed by atoms with E-state index in [1.54, 1.807) is 6.08 Å². The van der Waals surface area contributed by atoms with Gasteiger partial charge in [-0.05, 0) is 18.4 Å². The lowest BCUT2D eigenvalue weighted by Crippen LogP contribution is -2.42. The van der Waals surface area contributed by atoms with E-state index in [-0.39, 0.29) is 25.2 Å². The number of nitrogens with zero attached hydrogens (tertiary/aromatic N) is 1. The van der Waals surface area contributed by atoms with Gasteiger partial charge in [0.2, 0.25) is 0 Å². The van der Waals surface area contributed by atoms with E-state index in [2.05, 4.69) is 6.58 Å². The van der Waals surface area contributed by atoms with E-state index in [0.29, 0.717) is 19.4 Å². The lowest BCUT2D eigenvalue weighted by molar-refractivity contribution is -0.134. The average molecular weight is 289 g/mol. The maximum Gasteiger partial charge on any atom is 0.417 e. The van der Waals surface area contributed by atoms with Crippen LogP contribution in [0.2, 0.25) is 0 Å². The summed E-state index contributed by atoms with van der Waals surface area (Å²) in [7, 11) is 0. The van der Waals surface area contributed by atoms with E-state index >= 15 is 0 Å². The molecule has 0 aromatic heterocycles. The molecule has 2 rings (SSSR count). The third-order valence-corrected chi connectivity index (χ3v) is 3.24. The summed E-state index contributed by atoms with van der Waals surface area (Å²) in [5.41, 5.74) is 1.06. The fourth-order valence-corrected chi connectivity index (χ4v) is 2.20. The Labute approximate surface area is 124 Å². The van der Waals surface area contributed by atoms with Crippen LogP contribution in [0.25, 0.3) is 0 Å². The van der Waals surface area contributed by atoms with Crippen LogP contribution in [0.3, 0.4) is 0 Å². The molecular weight excluding hydrogens is 270 g/mol. The highest BCUT2D eigenvalue weighted by Gasteiger charge is 2.37. The van der Waals surface area contributed by atoms with Crippen LogP contribution in [0.4, 0.5) is 4.79 Å². The van der Waals surface area contributed by atoms with E-state index in [1.807, 2.05) is 30.3 Å². The van der Waals surface area contributed by atoms with Crippen molar-refractivity contribution >= 4 is 12.0 Å². The van der Waals surface area contributed by atoms with Crippen molar-refractivity contribution in [3.8, 4) is 0 Å². The molecule has 1 heterocycles. The Morgan fingerprint density at radius 3 is 2.90 bits per heavy atom. The summed E-state index contributed by atoms with van der Waals surface area (Å²) in [6, 6.07) is 9.44. The molecule has 1 saturated heterocycles. The molecule has 1 aliphatic heterocycles. The maximum absolute atomic E-state index is 12.1. The molecule has 21 heavy (non-hydrogen) atoms. The summed E-state index contributed by atoms with van der Waals surface area (Å²) in [5, 5.41) is 0. The highest BCUT2D eigenvalue weighted by atomic mass is 16.6. The van der Waals surface area contributed by atoms with Crippen LogP contribution in [0.15, 0.2) is 43.0 Å². The van der Waals surface area contributed by atoms with Crippen molar-refractivity contribution in [2.75, 3.05) is 19.8 Å². The van der Waals surface area contributed by atoms with Gasteiger partial charge in [-0.15, -0.1) is 6.58 Å². The van der Waals surface area contributed by atoms with Crippen molar-refractivity contribution in [2.24, 2.45) is 0 Å². The summed E-state index contributed by atoms with van der Waals surface area (Å²) >= 11 is 0. The smallest absolute Gasteiger partial charge is 0.417 e. The van der Waals surface area contributed by atoms with E-state index in [9.17, 15) is 9.59 Å². The third kappa shape index (κ3) is 4.16. The van der Waals surface area contributed by atoms with Gasteiger partial charge in [0, 0.05) is 0 Å². The summed E-state index contributed by atoms with van der Waals surface area (Å²) in [6.07, 6.45) is 2.39. The maximum atomic E-state index is 12.1.